The van der Waals surface area contributed by atoms with E-state index in [1.54, 1.807) is 0 Å². The topological polar surface area (TPSA) is 61.4 Å². The number of anilines is 1. The van der Waals surface area contributed by atoms with Crippen molar-refractivity contribution in [1.29, 1.82) is 0 Å². The van der Waals surface area contributed by atoms with Crippen LogP contribution in [0.25, 0.3) is 0 Å². The third kappa shape index (κ3) is 3.05. The molecule has 0 spiro atoms. The Hall–Kier alpha value is -1.55. The van der Waals surface area contributed by atoms with Crippen molar-refractivity contribution in [3.05, 3.63) is 29.3 Å². The lowest BCUT2D eigenvalue weighted by Gasteiger charge is -2.31. The second kappa shape index (κ2) is 6.48. The van der Waals surface area contributed by atoms with E-state index in [1.165, 1.54) is 0 Å². The molecular weight excluding hydrogens is 264 g/mol. The molecule has 1 heterocycles. The maximum absolute atomic E-state index is 12.6. The van der Waals surface area contributed by atoms with E-state index in [0.717, 1.165) is 61.9 Å². The summed E-state index contributed by atoms with van der Waals surface area (Å²) in [6, 6.07) is 6.01. The number of fused-ring (bicyclic) bond motifs is 1. The van der Waals surface area contributed by atoms with E-state index in [2.05, 4.69) is 10.6 Å². The molecule has 0 radical (unpaired) electrons. The Labute approximate surface area is 125 Å². The largest absolute Gasteiger partial charge is 0.396 e. The molecule has 1 saturated carbocycles. The highest BCUT2D eigenvalue weighted by Gasteiger charge is 2.27. The number of rotatable bonds is 3. The molecule has 1 aromatic rings. The van der Waals surface area contributed by atoms with Crippen molar-refractivity contribution in [3.63, 3.8) is 0 Å². The summed E-state index contributed by atoms with van der Waals surface area (Å²) in [5.74, 6) is 0.223. The number of nitrogens with one attached hydrogen (secondary N) is 2. The average molecular weight is 288 g/mol. The SMILES string of the molecule is O=C(NC1CCCCC1CO)c1cccc2c1CCCN2. The fraction of sp³-hybridized carbons (Fsp3) is 0.588. The maximum atomic E-state index is 12.6. The van der Waals surface area contributed by atoms with Gasteiger partial charge < -0.3 is 15.7 Å². The molecule has 114 valence electrons. The molecule has 1 amide bonds. The van der Waals surface area contributed by atoms with Gasteiger partial charge in [0, 0.05) is 36.4 Å². The Balaban J connectivity index is 1.76. The van der Waals surface area contributed by atoms with Gasteiger partial charge in [0.2, 0.25) is 0 Å². The first-order chi connectivity index (χ1) is 10.3. The maximum Gasteiger partial charge on any atom is 0.251 e. The Morgan fingerprint density at radius 1 is 1.29 bits per heavy atom. The van der Waals surface area contributed by atoms with Gasteiger partial charge in [-0.15, -0.1) is 0 Å². The van der Waals surface area contributed by atoms with Crippen molar-refractivity contribution in [3.8, 4) is 0 Å². The van der Waals surface area contributed by atoms with E-state index < -0.39 is 0 Å². The summed E-state index contributed by atoms with van der Waals surface area (Å²) in [5, 5.41) is 16.0. The second-order valence-corrected chi connectivity index (χ2v) is 6.17. The van der Waals surface area contributed by atoms with Crippen LogP contribution in [-0.4, -0.2) is 30.2 Å². The normalized spacial score (nSPS) is 24.8. The zero-order valence-electron chi connectivity index (χ0n) is 12.4. The van der Waals surface area contributed by atoms with Gasteiger partial charge in [-0.1, -0.05) is 18.9 Å². The van der Waals surface area contributed by atoms with Crippen LogP contribution in [0.4, 0.5) is 5.69 Å². The third-order valence-electron chi connectivity index (χ3n) is 4.80. The fourth-order valence-electron chi connectivity index (χ4n) is 3.59. The molecule has 2 atom stereocenters. The molecule has 3 N–H and O–H groups in total. The minimum Gasteiger partial charge on any atom is -0.396 e. The smallest absolute Gasteiger partial charge is 0.251 e. The second-order valence-electron chi connectivity index (χ2n) is 6.17. The number of hydrogen-bond donors (Lipinski definition) is 3. The van der Waals surface area contributed by atoms with E-state index in [-0.39, 0.29) is 24.5 Å². The summed E-state index contributed by atoms with van der Waals surface area (Å²) >= 11 is 0. The summed E-state index contributed by atoms with van der Waals surface area (Å²) in [5.41, 5.74) is 3.02. The van der Waals surface area contributed by atoms with Gasteiger partial charge in [-0.05, 0) is 43.4 Å². The number of amides is 1. The molecule has 1 aliphatic carbocycles. The van der Waals surface area contributed by atoms with Crippen molar-refractivity contribution in [2.45, 2.75) is 44.6 Å². The molecule has 0 saturated heterocycles. The van der Waals surface area contributed by atoms with E-state index in [9.17, 15) is 9.90 Å². The Morgan fingerprint density at radius 3 is 3.00 bits per heavy atom. The Morgan fingerprint density at radius 2 is 2.14 bits per heavy atom. The highest BCUT2D eigenvalue weighted by atomic mass is 16.3. The van der Waals surface area contributed by atoms with E-state index >= 15 is 0 Å². The van der Waals surface area contributed by atoms with E-state index in [4.69, 9.17) is 0 Å². The van der Waals surface area contributed by atoms with Crippen molar-refractivity contribution in [1.82, 2.24) is 5.32 Å². The molecular formula is C17H24N2O2. The summed E-state index contributed by atoms with van der Waals surface area (Å²) in [4.78, 5) is 12.6. The Bertz CT molecular complexity index is 516. The van der Waals surface area contributed by atoms with Crippen molar-refractivity contribution in [2.75, 3.05) is 18.5 Å². The molecule has 21 heavy (non-hydrogen) atoms. The van der Waals surface area contributed by atoms with E-state index in [1.807, 2.05) is 18.2 Å². The van der Waals surface area contributed by atoms with Gasteiger partial charge in [-0.2, -0.15) is 0 Å². The van der Waals surface area contributed by atoms with Crippen LogP contribution in [0.3, 0.4) is 0 Å². The fourth-order valence-corrected chi connectivity index (χ4v) is 3.59. The first kappa shape index (κ1) is 14.4. The van der Waals surface area contributed by atoms with Crippen LogP contribution >= 0.6 is 0 Å². The number of hydrogen-bond acceptors (Lipinski definition) is 3. The summed E-state index contributed by atoms with van der Waals surface area (Å²) in [6.45, 7) is 1.15. The number of carbonyl (C=O) groups excluding carboxylic acids is 1. The van der Waals surface area contributed by atoms with E-state index in [0.29, 0.717) is 0 Å². The summed E-state index contributed by atoms with van der Waals surface area (Å²) in [6.07, 6.45) is 6.30. The van der Waals surface area contributed by atoms with Gasteiger partial charge in [-0.25, -0.2) is 0 Å². The van der Waals surface area contributed by atoms with Crippen LogP contribution < -0.4 is 10.6 Å². The quantitative estimate of drug-likeness (QED) is 0.800. The molecule has 1 aliphatic heterocycles. The predicted molar refractivity (Wildman–Crippen MR) is 83.6 cm³/mol. The van der Waals surface area contributed by atoms with Gasteiger partial charge >= 0.3 is 0 Å². The summed E-state index contributed by atoms with van der Waals surface area (Å²) in [7, 11) is 0. The van der Waals surface area contributed by atoms with Crippen LogP contribution in [0.2, 0.25) is 0 Å². The molecule has 1 fully saturated rings. The van der Waals surface area contributed by atoms with Crippen LogP contribution in [0, 0.1) is 5.92 Å². The number of carbonyl (C=O) groups is 1. The zero-order chi connectivity index (χ0) is 14.7. The highest BCUT2D eigenvalue weighted by molar-refractivity contribution is 5.97. The van der Waals surface area contributed by atoms with Crippen LogP contribution in [0.15, 0.2) is 18.2 Å². The molecule has 4 heteroatoms. The lowest BCUT2D eigenvalue weighted by molar-refractivity contribution is 0.0871. The molecule has 0 bridgehead atoms. The predicted octanol–water partition coefficient (Wildman–Crippen LogP) is 2.33. The third-order valence-corrected chi connectivity index (χ3v) is 4.80. The van der Waals surface area contributed by atoms with Gasteiger partial charge in [0.05, 0.1) is 0 Å². The molecule has 3 rings (SSSR count). The van der Waals surface area contributed by atoms with Crippen LogP contribution in [-0.2, 0) is 6.42 Å². The van der Waals surface area contributed by atoms with Crippen molar-refractivity contribution >= 4 is 11.6 Å². The molecule has 2 aliphatic rings. The minimum atomic E-state index is 0.0147. The molecule has 1 aromatic carbocycles. The first-order valence-corrected chi connectivity index (χ1v) is 8.07. The zero-order valence-corrected chi connectivity index (χ0v) is 12.4. The van der Waals surface area contributed by atoms with Gasteiger partial charge in [-0.3, -0.25) is 4.79 Å². The highest BCUT2D eigenvalue weighted by Crippen LogP contribution is 2.27. The summed E-state index contributed by atoms with van der Waals surface area (Å²) < 4.78 is 0. The molecule has 0 aromatic heterocycles. The lowest BCUT2D eigenvalue weighted by Crippen LogP contribution is -2.43. The monoisotopic (exact) mass is 288 g/mol. The minimum absolute atomic E-state index is 0.0147. The van der Waals surface area contributed by atoms with Gasteiger partial charge in [0.25, 0.3) is 5.91 Å². The average Bonchev–Trinajstić information content (AvgIpc) is 2.54. The van der Waals surface area contributed by atoms with Crippen molar-refractivity contribution in [2.24, 2.45) is 5.92 Å². The number of aliphatic hydroxyl groups excluding tert-OH is 1. The Kier molecular flexibility index (Phi) is 4.44. The van der Waals surface area contributed by atoms with Crippen LogP contribution in [0.1, 0.15) is 48.0 Å². The standard InChI is InChI=1S/C17H24N2O2/c20-11-12-5-1-2-8-15(12)19-17(21)14-6-3-9-16-13(14)7-4-10-18-16/h3,6,9,12,15,18,20H,1-2,4-5,7-8,10-11H2,(H,19,21). The molecule has 2 unspecified atom stereocenters. The van der Waals surface area contributed by atoms with Crippen LogP contribution in [0.5, 0.6) is 0 Å². The lowest BCUT2D eigenvalue weighted by atomic mass is 9.84. The van der Waals surface area contributed by atoms with Gasteiger partial charge in [0.15, 0.2) is 0 Å². The van der Waals surface area contributed by atoms with Gasteiger partial charge in [0.1, 0.15) is 0 Å². The first-order valence-electron chi connectivity index (χ1n) is 8.07. The van der Waals surface area contributed by atoms with Crippen molar-refractivity contribution < 1.29 is 9.90 Å². The number of benzene rings is 1. The number of aliphatic hydroxyl groups is 1. The molecule has 4 nitrogen and oxygen atoms in total.